The standard InChI is InChI=1S/C34H42O/c1-3-5-27-35-28-34-18-11-10-17-33(34)16-9-8-15-32-25-23-31(24-26-32)14-7-6-13-30-21-19-29(12-4-2)20-22-30/h3-4,10-12,17-26H,1,5-9,13-16,27-28H2,2H3. The fourth-order valence-corrected chi connectivity index (χ4v) is 4.45. The van der Waals surface area contributed by atoms with Crippen molar-refractivity contribution in [3.8, 4) is 0 Å². The summed E-state index contributed by atoms with van der Waals surface area (Å²) in [6.45, 7) is 7.27. The van der Waals surface area contributed by atoms with Crippen LogP contribution in [-0.2, 0) is 37.0 Å². The summed E-state index contributed by atoms with van der Waals surface area (Å²) in [4.78, 5) is 0. The summed E-state index contributed by atoms with van der Waals surface area (Å²) in [6.07, 6.45) is 16.6. The lowest BCUT2D eigenvalue weighted by Gasteiger charge is -2.10. The summed E-state index contributed by atoms with van der Waals surface area (Å²) >= 11 is 0. The summed E-state index contributed by atoms with van der Waals surface area (Å²) < 4.78 is 5.78. The summed E-state index contributed by atoms with van der Waals surface area (Å²) in [5, 5.41) is 0. The Bertz CT molecular complexity index is 1010. The van der Waals surface area contributed by atoms with Gasteiger partial charge in [-0.1, -0.05) is 91.0 Å². The molecule has 0 aromatic heterocycles. The van der Waals surface area contributed by atoms with E-state index in [1.807, 2.05) is 6.08 Å². The van der Waals surface area contributed by atoms with Gasteiger partial charge in [-0.3, -0.25) is 0 Å². The van der Waals surface area contributed by atoms with Crippen molar-refractivity contribution in [2.45, 2.75) is 71.3 Å². The van der Waals surface area contributed by atoms with Gasteiger partial charge in [0.05, 0.1) is 13.2 Å². The molecule has 0 saturated carbocycles. The Balaban J connectivity index is 1.32. The van der Waals surface area contributed by atoms with Gasteiger partial charge in [0.15, 0.2) is 0 Å². The SMILES string of the molecule is C=CCCOCc1ccccc1CCCCc1ccc(CCCCc2ccc(C=CC)cc2)cc1. The molecule has 184 valence electrons. The van der Waals surface area contributed by atoms with Gasteiger partial charge in [-0.25, -0.2) is 0 Å². The Hall–Kier alpha value is -2.90. The number of aryl methyl sites for hydroxylation is 4. The molecule has 0 atom stereocenters. The van der Waals surface area contributed by atoms with Crippen molar-refractivity contribution in [3.05, 3.63) is 125 Å². The van der Waals surface area contributed by atoms with E-state index in [-0.39, 0.29) is 0 Å². The van der Waals surface area contributed by atoms with Gasteiger partial charge in [0.2, 0.25) is 0 Å². The average Bonchev–Trinajstić information content (AvgIpc) is 2.89. The quantitative estimate of drug-likeness (QED) is 0.151. The molecule has 3 aromatic rings. The normalized spacial score (nSPS) is 11.2. The minimum atomic E-state index is 0.703. The van der Waals surface area contributed by atoms with Crippen LogP contribution < -0.4 is 0 Å². The predicted molar refractivity (Wildman–Crippen MR) is 152 cm³/mol. The van der Waals surface area contributed by atoms with Gasteiger partial charge in [-0.05, 0) is 98.1 Å². The van der Waals surface area contributed by atoms with E-state index in [1.54, 1.807) is 0 Å². The molecular formula is C34H42O. The van der Waals surface area contributed by atoms with Crippen molar-refractivity contribution in [3.63, 3.8) is 0 Å². The highest BCUT2D eigenvalue weighted by Crippen LogP contribution is 2.16. The van der Waals surface area contributed by atoms with Gasteiger partial charge in [-0.2, -0.15) is 0 Å². The number of hydrogen-bond donors (Lipinski definition) is 0. The monoisotopic (exact) mass is 466 g/mol. The molecule has 0 fully saturated rings. The van der Waals surface area contributed by atoms with Gasteiger partial charge in [0, 0.05) is 0 Å². The second-order valence-electron chi connectivity index (χ2n) is 9.37. The topological polar surface area (TPSA) is 9.23 Å². The molecule has 0 heterocycles. The van der Waals surface area contributed by atoms with Crippen LogP contribution in [0.3, 0.4) is 0 Å². The lowest BCUT2D eigenvalue weighted by atomic mass is 9.99. The number of rotatable bonds is 16. The Kier molecular flexibility index (Phi) is 12.1. The van der Waals surface area contributed by atoms with Gasteiger partial charge in [-0.15, -0.1) is 6.58 Å². The van der Waals surface area contributed by atoms with Crippen LogP contribution in [0.1, 0.15) is 72.4 Å². The zero-order chi connectivity index (χ0) is 24.6. The smallest absolute Gasteiger partial charge is 0.0719 e. The van der Waals surface area contributed by atoms with E-state index in [0.29, 0.717) is 6.61 Å². The second kappa shape index (κ2) is 15.9. The van der Waals surface area contributed by atoms with Crippen molar-refractivity contribution in [2.75, 3.05) is 6.61 Å². The van der Waals surface area contributed by atoms with Gasteiger partial charge in [0.25, 0.3) is 0 Å². The predicted octanol–water partition coefficient (Wildman–Crippen LogP) is 8.94. The van der Waals surface area contributed by atoms with Gasteiger partial charge < -0.3 is 4.74 Å². The third kappa shape index (κ3) is 10.1. The van der Waals surface area contributed by atoms with Gasteiger partial charge >= 0.3 is 0 Å². The highest BCUT2D eigenvalue weighted by molar-refractivity contribution is 5.49. The number of unbranched alkanes of at least 4 members (excludes halogenated alkanes) is 2. The van der Waals surface area contributed by atoms with E-state index in [4.69, 9.17) is 4.74 Å². The first-order chi connectivity index (χ1) is 17.3. The highest BCUT2D eigenvalue weighted by Gasteiger charge is 2.03. The van der Waals surface area contributed by atoms with Crippen LogP contribution >= 0.6 is 0 Å². The van der Waals surface area contributed by atoms with Crippen molar-refractivity contribution in [2.24, 2.45) is 0 Å². The molecular weight excluding hydrogens is 424 g/mol. The summed E-state index contributed by atoms with van der Waals surface area (Å²) in [5.74, 6) is 0. The minimum absolute atomic E-state index is 0.703. The minimum Gasteiger partial charge on any atom is -0.376 e. The third-order valence-corrected chi connectivity index (χ3v) is 6.55. The molecule has 35 heavy (non-hydrogen) atoms. The Labute approximate surface area is 213 Å². The van der Waals surface area contributed by atoms with Crippen LogP contribution in [0.2, 0.25) is 0 Å². The molecule has 3 aromatic carbocycles. The molecule has 0 amide bonds. The van der Waals surface area contributed by atoms with Crippen molar-refractivity contribution >= 4 is 6.08 Å². The first-order valence-corrected chi connectivity index (χ1v) is 13.3. The fraction of sp³-hybridized carbons (Fsp3) is 0.353. The Morgan fingerprint density at radius 2 is 1.17 bits per heavy atom. The molecule has 3 rings (SSSR count). The average molecular weight is 467 g/mol. The molecule has 0 N–H and O–H groups in total. The van der Waals surface area contributed by atoms with E-state index in [9.17, 15) is 0 Å². The lowest BCUT2D eigenvalue weighted by Crippen LogP contribution is -1.99. The van der Waals surface area contributed by atoms with Crippen LogP contribution in [0.25, 0.3) is 6.08 Å². The number of allylic oxidation sites excluding steroid dienone is 1. The van der Waals surface area contributed by atoms with Crippen molar-refractivity contribution in [1.82, 2.24) is 0 Å². The molecule has 1 heteroatoms. The maximum absolute atomic E-state index is 5.78. The molecule has 0 saturated heterocycles. The molecule has 0 aliphatic heterocycles. The van der Waals surface area contributed by atoms with E-state index in [1.165, 1.54) is 65.5 Å². The van der Waals surface area contributed by atoms with Crippen molar-refractivity contribution < 1.29 is 4.74 Å². The molecule has 0 spiro atoms. The maximum Gasteiger partial charge on any atom is 0.0719 e. The summed E-state index contributed by atoms with van der Waals surface area (Å²) in [6, 6.07) is 27.0. The Morgan fingerprint density at radius 3 is 1.71 bits per heavy atom. The van der Waals surface area contributed by atoms with E-state index < -0.39 is 0 Å². The molecule has 0 bridgehead atoms. The first-order valence-electron chi connectivity index (χ1n) is 13.3. The van der Waals surface area contributed by atoms with Crippen LogP contribution in [0, 0.1) is 0 Å². The van der Waals surface area contributed by atoms with E-state index in [0.717, 1.165) is 32.3 Å². The Morgan fingerprint density at radius 1 is 0.657 bits per heavy atom. The van der Waals surface area contributed by atoms with Gasteiger partial charge in [0.1, 0.15) is 0 Å². The second-order valence-corrected chi connectivity index (χ2v) is 9.37. The zero-order valence-corrected chi connectivity index (χ0v) is 21.6. The number of benzene rings is 3. The molecule has 0 aliphatic carbocycles. The van der Waals surface area contributed by atoms with Crippen LogP contribution in [0.5, 0.6) is 0 Å². The largest absolute Gasteiger partial charge is 0.376 e. The lowest BCUT2D eigenvalue weighted by molar-refractivity contribution is 0.125. The molecule has 0 unspecified atom stereocenters. The van der Waals surface area contributed by atoms with Crippen molar-refractivity contribution in [1.29, 1.82) is 0 Å². The van der Waals surface area contributed by atoms with Crippen LogP contribution in [0.15, 0.2) is 91.5 Å². The fourth-order valence-electron chi connectivity index (χ4n) is 4.45. The van der Waals surface area contributed by atoms with E-state index >= 15 is 0 Å². The summed E-state index contributed by atoms with van der Waals surface area (Å²) in [5.41, 5.74) is 8.39. The highest BCUT2D eigenvalue weighted by atomic mass is 16.5. The van der Waals surface area contributed by atoms with E-state index in [2.05, 4.69) is 98.5 Å². The van der Waals surface area contributed by atoms with Crippen LogP contribution in [0.4, 0.5) is 0 Å². The number of ether oxygens (including phenoxy) is 1. The zero-order valence-electron chi connectivity index (χ0n) is 21.6. The summed E-state index contributed by atoms with van der Waals surface area (Å²) in [7, 11) is 0. The molecule has 0 aliphatic rings. The first kappa shape index (κ1) is 26.7. The molecule has 1 nitrogen and oxygen atoms in total. The third-order valence-electron chi connectivity index (χ3n) is 6.55. The number of hydrogen-bond acceptors (Lipinski definition) is 1. The maximum atomic E-state index is 5.78. The molecule has 0 radical (unpaired) electrons. The van der Waals surface area contributed by atoms with Crippen LogP contribution in [-0.4, -0.2) is 6.61 Å².